The van der Waals surface area contributed by atoms with Gasteiger partial charge in [-0.25, -0.2) is 0 Å². The van der Waals surface area contributed by atoms with Gasteiger partial charge in [0.25, 0.3) is 0 Å². The molecule has 0 amide bonds. The van der Waals surface area contributed by atoms with Gasteiger partial charge < -0.3 is 15.7 Å². The molecule has 3 N–H and O–H groups in total. The second kappa shape index (κ2) is 4.97. The molecule has 0 unspecified atom stereocenters. The minimum atomic E-state index is 0.0908. The zero-order valence-corrected chi connectivity index (χ0v) is 8.95. The van der Waals surface area contributed by atoms with Gasteiger partial charge >= 0.3 is 0 Å². The second-order valence-electron chi connectivity index (χ2n) is 2.74. The van der Waals surface area contributed by atoms with Crippen molar-refractivity contribution < 1.29 is 5.11 Å². The maximum atomic E-state index is 8.64. The van der Waals surface area contributed by atoms with Gasteiger partial charge in [-0.05, 0) is 0 Å². The van der Waals surface area contributed by atoms with E-state index in [1.54, 1.807) is 4.90 Å². The Morgan fingerprint density at radius 2 is 2.07 bits per heavy atom. The molecule has 14 heavy (non-hydrogen) atoms. The van der Waals surface area contributed by atoms with Crippen LogP contribution < -0.4 is 10.6 Å². The Morgan fingerprint density at radius 1 is 1.36 bits per heavy atom. The maximum absolute atomic E-state index is 8.64. The van der Waals surface area contributed by atoms with Crippen molar-refractivity contribution in [1.82, 2.24) is 15.0 Å². The molecule has 7 heteroatoms. The smallest absolute Gasteiger partial charge is 0.230 e. The highest BCUT2D eigenvalue weighted by molar-refractivity contribution is 7.99. The van der Waals surface area contributed by atoms with Crippen LogP contribution in [0, 0.1) is 0 Å². The standard InChI is InChI=1S/C7H13N5OS/c1-12(2)6-9-5(8)10-7(11-6)14-4-3-13/h13H,3-4H2,1-2H3,(H2,8,9,10,11). The Labute approximate surface area is 86.6 Å². The number of aromatic nitrogens is 3. The molecule has 0 radical (unpaired) electrons. The molecular weight excluding hydrogens is 202 g/mol. The van der Waals surface area contributed by atoms with Crippen LogP contribution in [-0.4, -0.2) is 46.5 Å². The summed E-state index contributed by atoms with van der Waals surface area (Å²) in [5.74, 6) is 1.28. The van der Waals surface area contributed by atoms with Gasteiger partial charge in [0.15, 0.2) is 5.16 Å². The van der Waals surface area contributed by atoms with Gasteiger partial charge in [0.05, 0.1) is 6.61 Å². The van der Waals surface area contributed by atoms with Crippen LogP contribution >= 0.6 is 11.8 Å². The highest BCUT2D eigenvalue weighted by Crippen LogP contribution is 2.15. The molecule has 6 nitrogen and oxygen atoms in total. The van der Waals surface area contributed by atoms with Crippen LogP contribution in [0.1, 0.15) is 0 Å². The lowest BCUT2D eigenvalue weighted by molar-refractivity contribution is 0.322. The highest BCUT2D eigenvalue weighted by Gasteiger charge is 2.05. The first-order valence-corrected chi connectivity index (χ1v) is 5.04. The van der Waals surface area contributed by atoms with Gasteiger partial charge in [-0.3, -0.25) is 0 Å². The number of hydrogen-bond donors (Lipinski definition) is 2. The molecule has 1 rings (SSSR count). The minimum absolute atomic E-state index is 0.0908. The molecule has 1 aromatic rings. The van der Waals surface area contributed by atoms with Crippen molar-refractivity contribution >= 4 is 23.7 Å². The fourth-order valence-electron chi connectivity index (χ4n) is 0.762. The van der Waals surface area contributed by atoms with Crippen molar-refractivity contribution in [3.63, 3.8) is 0 Å². The normalized spacial score (nSPS) is 10.2. The fraction of sp³-hybridized carbons (Fsp3) is 0.571. The number of hydrogen-bond acceptors (Lipinski definition) is 7. The Hall–Kier alpha value is -1.08. The summed E-state index contributed by atoms with van der Waals surface area (Å²) < 4.78 is 0. The topological polar surface area (TPSA) is 88.2 Å². The summed E-state index contributed by atoms with van der Waals surface area (Å²) >= 11 is 1.35. The summed E-state index contributed by atoms with van der Waals surface area (Å²) in [4.78, 5) is 13.8. The molecule has 1 heterocycles. The predicted molar refractivity (Wildman–Crippen MR) is 56.4 cm³/mol. The van der Waals surface area contributed by atoms with E-state index in [-0.39, 0.29) is 12.6 Å². The number of thioether (sulfide) groups is 1. The molecule has 78 valence electrons. The monoisotopic (exact) mass is 215 g/mol. The van der Waals surface area contributed by atoms with Crippen LogP contribution in [-0.2, 0) is 0 Å². The van der Waals surface area contributed by atoms with E-state index in [1.807, 2.05) is 14.1 Å². The van der Waals surface area contributed by atoms with E-state index in [9.17, 15) is 0 Å². The van der Waals surface area contributed by atoms with Crippen molar-refractivity contribution in [2.75, 3.05) is 37.1 Å². The largest absolute Gasteiger partial charge is 0.396 e. The molecule has 1 aromatic heterocycles. The fourth-order valence-corrected chi connectivity index (χ4v) is 1.34. The molecule has 0 aromatic carbocycles. The Balaban J connectivity index is 2.84. The summed E-state index contributed by atoms with van der Waals surface area (Å²) in [6.07, 6.45) is 0. The Bertz CT molecular complexity index is 306. The predicted octanol–water partition coefficient (Wildman–Crippen LogP) is -0.396. The van der Waals surface area contributed by atoms with Crippen LogP contribution in [0.25, 0.3) is 0 Å². The quantitative estimate of drug-likeness (QED) is 0.661. The molecule has 0 aliphatic heterocycles. The first-order valence-electron chi connectivity index (χ1n) is 4.06. The molecule has 0 spiro atoms. The lowest BCUT2D eigenvalue weighted by Gasteiger charge is -2.10. The Morgan fingerprint density at radius 3 is 2.64 bits per heavy atom. The van der Waals surface area contributed by atoms with E-state index in [0.717, 1.165) is 0 Å². The van der Waals surface area contributed by atoms with E-state index in [1.165, 1.54) is 11.8 Å². The van der Waals surface area contributed by atoms with Crippen molar-refractivity contribution in [2.45, 2.75) is 5.16 Å². The average molecular weight is 215 g/mol. The summed E-state index contributed by atoms with van der Waals surface area (Å²) in [7, 11) is 3.66. The van der Waals surface area contributed by atoms with E-state index in [4.69, 9.17) is 10.8 Å². The van der Waals surface area contributed by atoms with E-state index in [0.29, 0.717) is 16.9 Å². The lowest BCUT2D eigenvalue weighted by atomic mass is 10.8. The number of nitrogens with two attached hydrogens (primary N) is 1. The lowest BCUT2D eigenvalue weighted by Crippen LogP contribution is -2.15. The van der Waals surface area contributed by atoms with Crippen molar-refractivity contribution in [3.8, 4) is 0 Å². The molecule has 0 aliphatic rings. The van der Waals surface area contributed by atoms with Crippen LogP contribution in [0.3, 0.4) is 0 Å². The highest BCUT2D eigenvalue weighted by atomic mass is 32.2. The van der Waals surface area contributed by atoms with Crippen molar-refractivity contribution in [2.24, 2.45) is 0 Å². The number of aliphatic hydroxyl groups excluding tert-OH is 1. The van der Waals surface area contributed by atoms with Crippen LogP contribution in [0.4, 0.5) is 11.9 Å². The zero-order chi connectivity index (χ0) is 10.6. The third-order valence-corrected chi connectivity index (χ3v) is 2.17. The third kappa shape index (κ3) is 3.00. The van der Waals surface area contributed by atoms with Gasteiger partial charge in [-0.1, -0.05) is 11.8 Å². The molecule has 0 saturated carbocycles. The second-order valence-corrected chi connectivity index (χ2v) is 3.80. The van der Waals surface area contributed by atoms with Gasteiger partial charge in [0.1, 0.15) is 0 Å². The molecule has 0 aliphatic carbocycles. The summed E-state index contributed by atoms with van der Waals surface area (Å²) in [6, 6.07) is 0. The van der Waals surface area contributed by atoms with Gasteiger partial charge in [-0.2, -0.15) is 15.0 Å². The molecule has 0 fully saturated rings. The number of aliphatic hydroxyl groups is 1. The molecule has 0 bridgehead atoms. The van der Waals surface area contributed by atoms with Gasteiger partial charge in [-0.15, -0.1) is 0 Å². The van der Waals surface area contributed by atoms with Crippen LogP contribution in [0.5, 0.6) is 0 Å². The molecular formula is C7H13N5OS. The first-order chi connectivity index (χ1) is 6.63. The molecule has 0 saturated heterocycles. The summed E-state index contributed by atoms with van der Waals surface area (Å²) in [5, 5.41) is 9.18. The number of nitrogens with zero attached hydrogens (tertiary/aromatic N) is 4. The van der Waals surface area contributed by atoms with Crippen molar-refractivity contribution in [1.29, 1.82) is 0 Å². The van der Waals surface area contributed by atoms with Gasteiger partial charge in [0.2, 0.25) is 11.9 Å². The SMILES string of the molecule is CN(C)c1nc(N)nc(SCCO)n1. The number of anilines is 2. The first kappa shape index (κ1) is 11.0. The average Bonchev–Trinajstić information content (AvgIpc) is 2.14. The molecule has 0 atom stereocenters. The van der Waals surface area contributed by atoms with Gasteiger partial charge in [0, 0.05) is 19.8 Å². The van der Waals surface area contributed by atoms with E-state index >= 15 is 0 Å². The van der Waals surface area contributed by atoms with Crippen molar-refractivity contribution in [3.05, 3.63) is 0 Å². The zero-order valence-electron chi connectivity index (χ0n) is 8.14. The van der Waals surface area contributed by atoms with E-state index < -0.39 is 0 Å². The summed E-state index contributed by atoms with van der Waals surface area (Å²) in [6.45, 7) is 0.0908. The van der Waals surface area contributed by atoms with Crippen LogP contribution in [0.2, 0.25) is 0 Å². The van der Waals surface area contributed by atoms with Crippen LogP contribution in [0.15, 0.2) is 5.16 Å². The summed E-state index contributed by atoms with van der Waals surface area (Å²) in [5.41, 5.74) is 5.50. The Kier molecular flexibility index (Phi) is 3.90. The third-order valence-electron chi connectivity index (χ3n) is 1.34. The number of nitrogen functional groups attached to an aromatic ring is 1. The minimum Gasteiger partial charge on any atom is -0.396 e. The number of rotatable bonds is 4. The maximum Gasteiger partial charge on any atom is 0.230 e. The van der Waals surface area contributed by atoms with E-state index in [2.05, 4.69) is 15.0 Å².